The number of carbonyl (C=O) groups is 2. The highest BCUT2D eigenvalue weighted by Gasteiger charge is 2.21. The molecule has 9 heteroatoms. The van der Waals surface area contributed by atoms with Gasteiger partial charge in [-0.25, -0.2) is 9.78 Å². The molecule has 0 radical (unpaired) electrons. The Morgan fingerprint density at radius 2 is 1.83 bits per heavy atom. The Morgan fingerprint density at radius 1 is 1.06 bits per heavy atom. The third-order valence-corrected chi connectivity index (χ3v) is 6.58. The third-order valence-electron chi connectivity index (χ3n) is 5.40. The Hall–Kier alpha value is -3.98. The molecule has 2 heterocycles. The predicted octanol–water partition coefficient (Wildman–Crippen LogP) is 4.26. The third kappa shape index (κ3) is 5.58. The number of hydrogen-bond donors (Lipinski definition) is 1. The second-order valence-corrected chi connectivity index (χ2v) is 9.08. The maximum absolute atomic E-state index is 13.1. The number of thiophene rings is 1. The number of para-hydroxylation sites is 1. The lowest BCUT2D eigenvalue weighted by molar-refractivity contribution is -0.116. The number of nitrogens with one attached hydrogen (secondary N) is 1. The van der Waals surface area contributed by atoms with E-state index in [1.807, 2.05) is 62.4 Å². The smallest absolute Gasteiger partial charge is 0.348 e. The number of benzene rings is 2. The number of ether oxygens (including phenoxy) is 2. The Balaban J connectivity index is 1.44. The van der Waals surface area contributed by atoms with Gasteiger partial charge in [-0.1, -0.05) is 35.9 Å². The van der Waals surface area contributed by atoms with Crippen molar-refractivity contribution in [2.75, 3.05) is 18.5 Å². The first-order valence-electron chi connectivity index (χ1n) is 11.0. The van der Waals surface area contributed by atoms with Crippen molar-refractivity contribution in [2.45, 2.75) is 27.3 Å². The average Bonchev–Trinajstić information content (AvgIpc) is 3.18. The highest BCUT2D eigenvalue weighted by molar-refractivity contribution is 7.20. The molecule has 0 aliphatic rings. The van der Waals surface area contributed by atoms with Gasteiger partial charge in [0.25, 0.3) is 5.56 Å². The molecule has 0 spiro atoms. The van der Waals surface area contributed by atoms with E-state index >= 15 is 0 Å². The zero-order valence-electron chi connectivity index (χ0n) is 19.7. The number of aryl methyl sites for hydroxylation is 3. The van der Waals surface area contributed by atoms with Gasteiger partial charge in [0.2, 0.25) is 5.91 Å². The largest absolute Gasteiger partial charge is 0.490 e. The van der Waals surface area contributed by atoms with Crippen LogP contribution in [0.2, 0.25) is 0 Å². The van der Waals surface area contributed by atoms with E-state index in [4.69, 9.17) is 9.47 Å². The Bertz CT molecular complexity index is 1440. The number of rotatable bonds is 8. The summed E-state index contributed by atoms with van der Waals surface area (Å²) in [4.78, 5) is 43.3. The fourth-order valence-corrected chi connectivity index (χ4v) is 4.67. The van der Waals surface area contributed by atoms with E-state index in [0.717, 1.165) is 22.5 Å². The quantitative estimate of drug-likeness (QED) is 0.292. The van der Waals surface area contributed by atoms with E-state index in [1.54, 1.807) is 6.92 Å². The number of esters is 1. The second-order valence-electron chi connectivity index (χ2n) is 8.08. The van der Waals surface area contributed by atoms with Gasteiger partial charge in [0.05, 0.1) is 11.7 Å². The van der Waals surface area contributed by atoms with Crippen LogP contribution < -0.4 is 15.6 Å². The molecule has 0 aliphatic heterocycles. The molecule has 1 N–H and O–H groups in total. The minimum absolute atomic E-state index is 0.0671. The molecule has 2 aromatic heterocycles. The molecule has 180 valence electrons. The van der Waals surface area contributed by atoms with Crippen LogP contribution in [-0.4, -0.2) is 34.6 Å². The molecule has 4 rings (SSSR count). The van der Waals surface area contributed by atoms with Crippen LogP contribution in [0.3, 0.4) is 0 Å². The van der Waals surface area contributed by atoms with Crippen LogP contribution in [-0.2, 0) is 16.1 Å². The maximum Gasteiger partial charge on any atom is 0.348 e. The van der Waals surface area contributed by atoms with Crippen LogP contribution in [0.4, 0.5) is 5.69 Å². The highest BCUT2D eigenvalue weighted by atomic mass is 32.1. The minimum Gasteiger partial charge on any atom is -0.490 e. The van der Waals surface area contributed by atoms with E-state index in [2.05, 4.69) is 10.3 Å². The van der Waals surface area contributed by atoms with Crippen molar-refractivity contribution in [3.63, 3.8) is 0 Å². The number of fused-ring (bicyclic) bond motifs is 1. The molecule has 0 aliphatic carbocycles. The van der Waals surface area contributed by atoms with Crippen LogP contribution in [0, 0.1) is 20.8 Å². The summed E-state index contributed by atoms with van der Waals surface area (Å²) in [6.45, 7) is 5.65. The lowest BCUT2D eigenvalue weighted by Gasteiger charge is -2.10. The Morgan fingerprint density at radius 3 is 2.57 bits per heavy atom. The SMILES string of the molecule is Cc1ccc(NC(=O)Cn2cnc3sc(C(=O)OCCOc4ccccc4)c(C)c3c2=O)c(C)c1. The van der Waals surface area contributed by atoms with E-state index in [0.29, 0.717) is 32.1 Å². The van der Waals surface area contributed by atoms with Gasteiger partial charge < -0.3 is 14.8 Å². The first-order chi connectivity index (χ1) is 16.8. The lowest BCUT2D eigenvalue weighted by atomic mass is 10.1. The van der Waals surface area contributed by atoms with Crippen LogP contribution in [0.5, 0.6) is 5.75 Å². The van der Waals surface area contributed by atoms with Crippen molar-refractivity contribution in [3.05, 3.63) is 86.8 Å². The monoisotopic (exact) mass is 491 g/mol. The van der Waals surface area contributed by atoms with Crippen molar-refractivity contribution in [3.8, 4) is 5.75 Å². The van der Waals surface area contributed by atoms with Crippen LogP contribution >= 0.6 is 11.3 Å². The summed E-state index contributed by atoms with van der Waals surface area (Å²) in [6, 6.07) is 14.9. The van der Waals surface area contributed by atoms with Gasteiger partial charge in [0.1, 0.15) is 35.2 Å². The molecule has 4 aromatic rings. The lowest BCUT2D eigenvalue weighted by Crippen LogP contribution is -2.28. The van der Waals surface area contributed by atoms with Crippen molar-refractivity contribution in [2.24, 2.45) is 0 Å². The fraction of sp³-hybridized carbons (Fsp3) is 0.231. The average molecular weight is 492 g/mol. The molecule has 0 atom stereocenters. The fourth-order valence-electron chi connectivity index (χ4n) is 3.64. The molecule has 0 saturated carbocycles. The van der Waals surface area contributed by atoms with Gasteiger partial charge in [-0.2, -0.15) is 0 Å². The first-order valence-corrected chi connectivity index (χ1v) is 11.9. The molecular weight excluding hydrogens is 466 g/mol. The van der Waals surface area contributed by atoms with Crippen LogP contribution in [0.25, 0.3) is 10.2 Å². The van der Waals surface area contributed by atoms with Gasteiger partial charge >= 0.3 is 5.97 Å². The normalized spacial score (nSPS) is 10.8. The molecule has 0 bridgehead atoms. The summed E-state index contributed by atoms with van der Waals surface area (Å²) in [7, 11) is 0. The summed E-state index contributed by atoms with van der Waals surface area (Å²) >= 11 is 1.09. The standard InChI is InChI=1S/C26H25N3O5S/c1-16-9-10-20(17(2)13-16)28-21(30)14-29-15-27-24-22(25(29)31)18(3)23(35-24)26(32)34-12-11-33-19-7-5-4-6-8-19/h4-10,13,15H,11-12,14H2,1-3H3,(H,28,30). The Kier molecular flexibility index (Phi) is 7.26. The molecule has 1 amide bonds. The summed E-state index contributed by atoms with van der Waals surface area (Å²) < 4.78 is 12.1. The van der Waals surface area contributed by atoms with Crippen molar-refractivity contribution >= 4 is 39.1 Å². The summed E-state index contributed by atoms with van der Waals surface area (Å²) in [5.74, 6) is -0.195. The van der Waals surface area contributed by atoms with Gasteiger partial charge in [-0.15, -0.1) is 11.3 Å². The molecule has 35 heavy (non-hydrogen) atoms. The summed E-state index contributed by atoms with van der Waals surface area (Å²) in [6.07, 6.45) is 1.32. The number of aromatic nitrogens is 2. The van der Waals surface area contributed by atoms with E-state index in [-0.39, 0.29) is 31.2 Å². The highest BCUT2D eigenvalue weighted by Crippen LogP contribution is 2.27. The van der Waals surface area contributed by atoms with E-state index in [1.165, 1.54) is 10.9 Å². The summed E-state index contributed by atoms with van der Waals surface area (Å²) in [5, 5.41) is 3.14. The topological polar surface area (TPSA) is 99.5 Å². The number of hydrogen-bond acceptors (Lipinski definition) is 7. The van der Waals surface area contributed by atoms with Crippen LogP contribution in [0.15, 0.2) is 59.7 Å². The maximum atomic E-state index is 13.1. The number of anilines is 1. The zero-order valence-corrected chi connectivity index (χ0v) is 20.5. The van der Waals surface area contributed by atoms with E-state index in [9.17, 15) is 14.4 Å². The van der Waals surface area contributed by atoms with Crippen molar-refractivity contribution in [1.82, 2.24) is 9.55 Å². The van der Waals surface area contributed by atoms with Gasteiger partial charge in [0, 0.05) is 5.69 Å². The molecule has 0 saturated heterocycles. The van der Waals surface area contributed by atoms with Crippen molar-refractivity contribution < 1.29 is 19.1 Å². The Labute approximate surface area is 206 Å². The van der Waals surface area contributed by atoms with Crippen LogP contribution in [0.1, 0.15) is 26.4 Å². The van der Waals surface area contributed by atoms with Gasteiger partial charge in [-0.05, 0) is 50.1 Å². The molecule has 8 nitrogen and oxygen atoms in total. The van der Waals surface area contributed by atoms with Crippen molar-refractivity contribution in [1.29, 1.82) is 0 Å². The predicted molar refractivity (Wildman–Crippen MR) is 135 cm³/mol. The van der Waals surface area contributed by atoms with Gasteiger partial charge in [0.15, 0.2) is 0 Å². The number of amides is 1. The first kappa shape index (κ1) is 24.2. The second kappa shape index (κ2) is 10.5. The minimum atomic E-state index is -0.541. The molecule has 0 fully saturated rings. The molecule has 0 unspecified atom stereocenters. The number of nitrogens with zero attached hydrogens (tertiary/aromatic N) is 2. The number of carbonyl (C=O) groups excluding carboxylic acids is 2. The van der Waals surface area contributed by atoms with Gasteiger partial charge in [-0.3, -0.25) is 14.2 Å². The summed E-state index contributed by atoms with van der Waals surface area (Å²) in [5.41, 5.74) is 2.82. The molecular formula is C26H25N3O5S. The zero-order chi connectivity index (χ0) is 24.9. The molecule has 2 aromatic carbocycles. The van der Waals surface area contributed by atoms with E-state index < -0.39 is 5.97 Å².